The quantitative estimate of drug-likeness (QED) is 0.651. The molecule has 5 nitrogen and oxygen atoms in total. The Balaban J connectivity index is 2.24. The fourth-order valence-corrected chi connectivity index (χ4v) is 3.51. The minimum absolute atomic E-state index is 0.205. The lowest BCUT2D eigenvalue weighted by Crippen LogP contribution is -2.09. The zero-order valence-corrected chi connectivity index (χ0v) is 15.7. The van der Waals surface area contributed by atoms with Gasteiger partial charge in [0.1, 0.15) is 0 Å². The monoisotopic (exact) mass is 383 g/mol. The molecule has 30 heavy (non-hydrogen) atoms. The zero-order chi connectivity index (χ0) is 21.5. The molecule has 2 atom stereocenters. The maximum atomic E-state index is 9.94. The first-order valence-corrected chi connectivity index (χ1v) is 9.00. The number of hydrogen-bond donors (Lipinski definition) is 0. The SMILES string of the molecule is N#Cc1ccccc1C(C#N)c1cccc(C(C#N)c2ccccc2C#N)c1C#N. The molecule has 0 spiro atoms. The third kappa shape index (κ3) is 3.46. The molecule has 5 heteroatoms. The van der Waals surface area contributed by atoms with Crippen molar-refractivity contribution in [2.24, 2.45) is 0 Å². The lowest BCUT2D eigenvalue weighted by molar-refractivity contribution is 0.978. The number of nitrogens with zero attached hydrogens (tertiary/aromatic N) is 5. The average molecular weight is 383 g/mol. The van der Waals surface area contributed by atoms with Crippen molar-refractivity contribution < 1.29 is 0 Å². The summed E-state index contributed by atoms with van der Waals surface area (Å²) in [4.78, 5) is 0. The van der Waals surface area contributed by atoms with Crippen LogP contribution < -0.4 is 0 Å². The van der Waals surface area contributed by atoms with Gasteiger partial charge in [0.05, 0.1) is 58.9 Å². The van der Waals surface area contributed by atoms with E-state index in [9.17, 15) is 26.3 Å². The molecule has 0 fully saturated rings. The first kappa shape index (κ1) is 19.9. The fourth-order valence-electron chi connectivity index (χ4n) is 3.51. The van der Waals surface area contributed by atoms with Crippen LogP contribution in [0.3, 0.4) is 0 Å². The highest BCUT2D eigenvalue weighted by Crippen LogP contribution is 2.35. The summed E-state index contributed by atoms with van der Waals surface area (Å²) in [6.45, 7) is 0. The van der Waals surface area contributed by atoms with Crippen LogP contribution in [0.2, 0.25) is 0 Å². The van der Waals surface area contributed by atoms with Crippen molar-refractivity contribution in [3.05, 3.63) is 106 Å². The standard InChI is InChI=1S/C25H13N5/c26-12-17-6-1-3-8-19(17)23(14-28)21-10-5-11-22(25(21)16-30)24(15-29)20-9-4-2-7-18(20)13-27/h1-11,23-24H. The summed E-state index contributed by atoms with van der Waals surface area (Å²) in [5.74, 6) is -1.69. The molecule has 0 aliphatic rings. The summed E-state index contributed by atoms with van der Waals surface area (Å²) in [5.41, 5.74) is 2.76. The zero-order valence-electron chi connectivity index (χ0n) is 15.7. The van der Waals surface area contributed by atoms with Crippen LogP contribution in [0.4, 0.5) is 0 Å². The molecule has 2 unspecified atom stereocenters. The molecule has 0 saturated carbocycles. The van der Waals surface area contributed by atoms with Crippen molar-refractivity contribution >= 4 is 0 Å². The Labute approximate surface area is 174 Å². The van der Waals surface area contributed by atoms with E-state index in [1.54, 1.807) is 66.7 Å². The van der Waals surface area contributed by atoms with E-state index in [1.165, 1.54) is 0 Å². The Morgan fingerprint density at radius 3 is 1.23 bits per heavy atom. The van der Waals surface area contributed by atoms with E-state index in [0.29, 0.717) is 33.4 Å². The van der Waals surface area contributed by atoms with Gasteiger partial charge >= 0.3 is 0 Å². The van der Waals surface area contributed by atoms with Crippen molar-refractivity contribution in [1.29, 1.82) is 26.3 Å². The molecule has 0 radical (unpaired) electrons. The van der Waals surface area contributed by atoms with E-state index in [-0.39, 0.29) is 5.56 Å². The Bertz CT molecular complexity index is 1230. The van der Waals surface area contributed by atoms with Gasteiger partial charge in [-0.2, -0.15) is 26.3 Å². The van der Waals surface area contributed by atoms with E-state index in [4.69, 9.17) is 0 Å². The Kier molecular flexibility index (Phi) is 5.87. The van der Waals surface area contributed by atoms with Crippen molar-refractivity contribution in [3.8, 4) is 30.3 Å². The van der Waals surface area contributed by atoms with Gasteiger partial charge in [-0.15, -0.1) is 0 Å². The summed E-state index contributed by atoms with van der Waals surface area (Å²) in [6.07, 6.45) is 0. The number of hydrogen-bond acceptors (Lipinski definition) is 5. The van der Waals surface area contributed by atoms with Gasteiger partial charge in [-0.3, -0.25) is 0 Å². The number of benzene rings is 3. The van der Waals surface area contributed by atoms with E-state index in [1.807, 2.05) is 0 Å². The Hall–Kier alpha value is -4.89. The molecule has 0 aromatic heterocycles. The van der Waals surface area contributed by atoms with Crippen LogP contribution in [-0.4, -0.2) is 0 Å². The number of nitriles is 5. The van der Waals surface area contributed by atoms with Gasteiger partial charge in [-0.1, -0.05) is 54.6 Å². The molecule has 3 aromatic carbocycles. The van der Waals surface area contributed by atoms with Gasteiger partial charge in [0.25, 0.3) is 0 Å². The maximum Gasteiger partial charge on any atom is 0.0998 e. The van der Waals surface area contributed by atoms with Gasteiger partial charge in [0.2, 0.25) is 0 Å². The van der Waals surface area contributed by atoms with Gasteiger partial charge in [0.15, 0.2) is 0 Å². The maximum absolute atomic E-state index is 9.94. The second-order valence-electron chi connectivity index (χ2n) is 6.45. The third-order valence-corrected chi connectivity index (χ3v) is 4.91. The second kappa shape index (κ2) is 8.87. The predicted octanol–water partition coefficient (Wildman–Crippen LogP) is 4.61. The minimum atomic E-state index is -0.846. The summed E-state index contributed by atoms with van der Waals surface area (Å²) in [5, 5.41) is 48.6. The van der Waals surface area contributed by atoms with Crippen molar-refractivity contribution in [1.82, 2.24) is 0 Å². The highest BCUT2D eigenvalue weighted by molar-refractivity contribution is 5.59. The molecular formula is C25H13N5. The fraction of sp³-hybridized carbons (Fsp3) is 0.0800. The van der Waals surface area contributed by atoms with Crippen LogP contribution in [0.5, 0.6) is 0 Å². The molecule has 0 saturated heterocycles. The van der Waals surface area contributed by atoms with Gasteiger partial charge in [-0.25, -0.2) is 0 Å². The molecule has 0 amide bonds. The summed E-state index contributed by atoms with van der Waals surface area (Å²) in [7, 11) is 0. The first-order valence-electron chi connectivity index (χ1n) is 9.00. The van der Waals surface area contributed by atoms with Crippen LogP contribution in [-0.2, 0) is 0 Å². The molecule has 0 aliphatic carbocycles. The highest BCUT2D eigenvalue weighted by Gasteiger charge is 2.26. The predicted molar refractivity (Wildman–Crippen MR) is 108 cm³/mol. The van der Waals surface area contributed by atoms with Crippen molar-refractivity contribution in [2.75, 3.05) is 0 Å². The molecule has 0 bridgehead atoms. The average Bonchev–Trinajstić information content (AvgIpc) is 2.81. The minimum Gasteiger partial charge on any atom is -0.197 e. The Morgan fingerprint density at radius 2 is 0.867 bits per heavy atom. The van der Waals surface area contributed by atoms with Gasteiger partial charge in [0, 0.05) is 0 Å². The first-order chi connectivity index (χ1) is 14.7. The molecule has 3 rings (SSSR count). The summed E-state index contributed by atoms with van der Waals surface area (Å²) < 4.78 is 0. The van der Waals surface area contributed by atoms with Crippen LogP contribution in [0.15, 0.2) is 66.7 Å². The van der Waals surface area contributed by atoms with Crippen LogP contribution >= 0.6 is 0 Å². The largest absolute Gasteiger partial charge is 0.197 e. The second-order valence-corrected chi connectivity index (χ2v) is 6.45. The Morgan fingerprint density at radius 1 is 0.467 bits per heavy atom. The van der Waals surface area contributed by atoms with E-state index in [2.05, 4.69) is 30.3 Å². The lowest BCUT2D eigenvalue weighted by atomic mass is 9.81. The number of rotatable bonds is 4. The van der Waals surface area contributed by atoms with E-state index in [0.717, 1.165) is 0 Å². The highest BCUT2D eigenvalue weighted by atomic mass is 14.4. The van der Waals surface area contributed by atoms with Crippen LogP contribution in [0.1, 0.15) is 50.8 Å². The van der Waals surface area contributed by atoms with E-state index >= 15 is 0 Å². The van der Waals surface area contributed by atoms with Crippen LogP contribution in [0.25, 0.3) is 0 Å². The lowest BCUT2D eigenvalue weighted by Gasteiger charge is -2.18. The van der Waals surface area contributed by atoms with Crippen molar-refractivity contribution in [2.45, 2.75) is 11.8 Å². The van der Waals surface area contributed by atoms with Crippen LogP contribution in [0, 0.1) is 56.7 Å². The third-order valence-electron chi connectivity index (χ3n) is 4.91. The van der Waals surface area contributed by atoms with E-state index < -0.39 is 11.8 Å². The van der Waals surface area contributed by atoms with Gasteiger partial charge in [-0.05, 0) is 34.4 Å². The topological polar surface area (TPSA) is 119 Å². The molecule has 0 N–H and O–H groups in total. The molecule has 0 aliphatic heterocycles. The molecular weight excluding hydrogens is 370 g/mol. The summed E-state index contributed by atoms with van der Waals surface area (Å²) in [6, 6.07) is 29.2. The van der Waals surface area contributed by atoms with Gasteiger partial charge < -0.3 is 0 Å². The smallest absolute Gasteiger partial charge is 0.0998 e. The summed E-state index contributed by atoms with van der Waals surface area (Å²) >= 11 is 0. The normalized spacial score (nSPS) is 11.6. The molecule has 138 valence electrons. The molecule has 3 aromatic rings. The molecule has 0 heterocycles. The van der Waals surface area contributed by atoms with Crippen molar-refractivity contribution in [3.63, 3.8) is 0 Å².